The lowest BCUT2D eigenvalue weighted by Gasteiger charge is -2.44. The minimum atomic E-state index is -1.11. The van der Waals surface area contributed by atoms with E-state index in [2.05, 4.69) is 0 Å². The molecule has 0 unspecified atom stereocenters. The van der Waals surface area contributed by atoms with Gasteiger partial charge in [-0.2, -0.15) is 0 Å². The molecule has 1 aliphatic rings. The van der Waals surface area contributed by atoms with Crippen LogP contribution in [-0.4, -0.2) is 53.9 Å². The van der Waals surface area contributed by atoms with Crippen molar-refractivity contribution < 1.29 is 42.9 Å². The maximum Gasteiger partial charge on any atom is 0.308 e. The molecule has 1 fully saturated rings. The van der Waals surface area contributed by atoms with Gasteiger partial charge in [-0.15, -0.1) is 11.8 Å². The molecule has 0 N–H and O–H groups in total. The molecule has 38 heavy (non-hydrogen) atoms. The van der Waals surface area contributed by atoms with Crippen LogP contribution in [0.25, 0.3) is 0 Å². The molecule has 1 saturated heterocycles. The van der Waals surface area contributed by atoms with E-state index in [0.29, 0.717) is 22.8 Å². The molecule has 0 aliphatic carbocycles. The van der Waals surface area contributed by atoms with E-state index < -0.39 is 53.7 Å². The molecule has 0 radical (unpaired) electrons. The predicted octanol–water partition coefficient (Wildman–Crippen LogP) is 4.41. The third-order valence-corrected chi connectivity index (χ3v) is 6.82. The van der Waals surface area contributed by atoms with E-state index in [1.165, 1.54) is 39.5 Å². The largest absolute Gasteiger partial charge is 0.455 e. The Balaban J connectivity index is 1.98. The van der Waals surface area contributed by atoms with Crippen molar-refractivity contribution in [3.63, 3.8) is 0 Å². The van der Waals surface area contributed by atoms with Crippen LogP contribution in [0, 0.1) is 0 Å². The number of ether oxygens (including phenoxy) is 5. The van der Waals surface area contributed by atoms with E-state index in [4.69, 9.17) is 35.3 Å². The topological polar surface area (TPSA) is 114 Å². The van der Waals surface area contributed by atoms with Crippen LogP contribution in [0.15, 0.2) is 42.5 Å². The van der Waals surface area contributed by atoms with Gasteiger partial charge in [-0.05, 0) is 47.6 Å². The predicted molar refractivity (Wildman–Crippen MR) is 140 cm³/mol. The second-order valence-corrected chi connectivity index (χ2v) is 9.99. The van der Waals surface area contributed by atoms with Gasteiger partial charge in [-0.1, -0.05) is 35.9 Å². The first kappa shape index (κ1) is 29.5. The van der Waals surface area contributed by atoms with Gasteiger partial charge < -0.3 is 23.7 Å². The van der Waals surface area contributed by atoms with Gasteiger partial charge in [0.2, 0.25) is 0 Å². The molecule has 0 spiro atoms. The average Bonchev–Trinajstić information content (AvgIpc) is 2.83. The molecular formula is C27H29ClO9S. The molecule has 11 heteroatoms. The van der Waals surface area contributed by atoms with Crippen LogP contribution in [0.5, 0.6) is 5.75 Å². The summed E-state index contributed by atoms with van der Waals surface area (Å²) >= 11 is 7.78. The third kappa shape index (κ3) is 7.72. The van der Waals surface area contributed by atoms with Crippen molar-refractivity contribution in [2.24, 2.45) is 0 Å². The molecule has 1 aliphatic heterocycles. The van der Waals surface area contributed by atoms with E-state index >= 15 is 0 Å². The van der Waals surface area contributed by atoms with E-state index in [1.807, 2.05) is 18.2 Å². The van der Waals surface area contributed by atoms with E-state index in [9.17, 15) is 19.2 Å². The van der Waals surface area contributed by atoms with Gasteiger partial charge in [0.1, 0.15) is 17.3 Å². The fourth-order valence-electron chi connectivity index (χ4n) is 4.20. The maximum absolute atomic E-state index is 12.1. The van der Waals surface area contributed by atoms with Crippen LogP contribution in [0.4, 0.5) is 0 Å². The molecule has 0 bridgehead atoms. The fourth-order valence-corrected chi connectivity index (χ4v) is 5.09. The number of benzene rings is 2. The van der Waals surface area contributed by atoms with Gasteiger partial charge in [0.25, 0.3) is 0 Å². The first-order valence-corrected chi connectivity index (χ1v) is 13.4. The van der Waals surface area contributed by atoms with Gasteiger partial charge in [0, 0.05) is 32.7 Å². The first-order chi connectivity index (χ1) is 18.0. The highest BCUT2D eigenvalue weighted by atomic mass is 35.5. The summed E-state index contributed by atoms with van der Waals surface area (Å²) in [6, 6.07) is 12.3. The summed E-state index contributed by atoms with van der Waals surface area (Å²) < 4.78 is 28.0. The molecule has 0 amide bonds. The number of halogens is 1. The van der Waals surface area contributed by atoms with Crippen molar-refractivity contribution in [2.45, 2.75) is 64.0 Å². The molecule has 9 nitrogen and oxygen atoms in total. The Kier molecular flexibility index (Phi) is 10.2. The summed E-state index contributed by atoms with van der Waals surface area (Å²) in [6.45, 7) is 5.02. The number of esters is 4. The van der Waals surface area contributed by atoms with Gasteiger partial charge in [-0.25, -0.2) is 0 Å². The zero-order valence-corrected chi connectivity index (χ0v) is 23.2. The first-order valence-electron chi connectivity index (χ1n) is 11.7. The summed E-state index contributed by atoms with van der Waals surface area (Å²) in [4.78, 5) is 47.1. The number of rotatable bonds is 8. The molecule has 5 atom stereocenters. The Morgan fingerprint density at radius 1 is 0.816 bits per heavy atom. The quantitative estimate of drug-likeness (QED) is 0.259. The van der Waals surface area contributed by atoms with E-state index in [1.54, 1.807) is 30.5 Å². The monoisotopic (exact) mass is 564 g/mol. The lowest BCUT2D eigenvalue weighted by atomic mass is 9.92. The average molecular weight is 565 g/mol. The van der Waals surface area contributed by atoms with Crippen molar-refractivity contribution in [1.82, 2.24) is 0 Å². The number of hydrogen-bond acceptors (Lipinski definition) is 10. The molecule has 3 rings (SSSR count). The van der Waals surface area contributed by atoms with Crippen molar-refractivity contribution in [2.75, 3.05) is 6.26 Å². The van der Waals surface area contributed by atoms with Gasteiger partial charge >= 0.3 is 23.9 Å². The fraction of sp³-hybridized carbons (Fsp3) is 0.407. The minimum Gasteiger partial charge on any atom is -0.455 e. The maximum atomic E-state index is 12.1. The van der Waals surface area contributed by atoms with Crippen molar-refractivity contribution in [1.29, 1.82) is 0 Å². The molecule has 2 aromatic rings. The second kappa shape index (κ2) is 13.1. The summed E-state index contributed by atoms with van der Waals surface area (Å²) in [7, 11) is 0. The second-order valence-electron chi connectivity index (χ2n) is 8.65. The normalized spacial score (nSPS) is 22.7. The summed E-state index contributed by atoms with van der Waals surface area (Å²) in [5, 5.41) is 0.508. The lowest BCUT2D eigenvalue weighted by Crippen LogP contribution is -2.57. The zero-order valence-electron chi connectivity index (χ0n) is 21.6. The van der Waals surface area contributed by atoms with Gasteiger partial charge in [-0.3, -0.25) is 19.2 Å². The highest BCUT2D eigenvalue weighted by Gasteiger charge is 2.52. The standard InChI is InChI=1S/C27H29ClO9S/c1-14(29)33-21-9-6-18(7-10-21)12-20-13-19(8-11-22(20)28)23-24(34-15(2)30)25(35-16(3)31)26(36-17(4)32)27(37-23)38-5/h6-11,13,23-27H,12H2,1-5H3/t23-,24-,25+,26-,27+/m0/s1. The highest BCUT2D eigenvalue weighted by molar-refractivity contribution is 7.99. The van der Waals surface area contributed by atoms with Crippen LogP contribution < -0.4 is 4.74 Å². The van der Waals surface area contributed by atoms with E-state index in [0.717, 1.165) is 11.1 Å². The summed E-state index contributed by atoms with van der Waals surface area (Å²) in [5.74, 6) is -1.81. The highest BCUT2D eigenvalue weighted by Crippen LogP contribution is 2.41. The Hall–Kier alpha value is -3.08. The molecule has 2 aromatic carbocycles. The number of carbonyl (C=O) groups excluding carboxylic acids is 4. The molecular weight excluding hydrogens is 536 g/mol. The Labute approximate surface area is 230 Å². The molecule has 0 saturated carbocycles. The molecule has 1 heterocycles. The van der Waals surface area contributed by atoms with Crippen LogP contribution in [-0.2, 0) is 44.5 Å². The van der Waals surface area contributed by atoms with Crippen molar-refractivity contribution in [3.05, 3.63) is 64.2 Å². The van der Waals surface area contributed by atoms with Gasteiger partial charge in [0.15, 0.2) is 18.3 Å². The zero-order chi connectivity index (χ0) is 28.0. The Morgan fingerprint density at radius 2 is 1.39 bits per heavy atom. The van der Waals surface area contributed by atoms with Crippen LogP contribution in [0.1, 0.15) is 50.5 Å². The van der Waals surface area contributed by atoms with Crippen LogP contribution >= 0.6 is 23.4 Å². The minimum absolute atomic E-state index is 0.408. The van der Waals surface area contributed by atoms with Crippen molar-refractivity contribution in [3.8, 4) is 5.75 Å². The number of thioether (sulfide) groups is 1. The van der Waals surface area contributed by atoms with Crippen LogP contribution in [0.2, 0.25) is 5.02 Å². The van der Waals surface area contributed by atoms with E-state index in [-0.39, 0.29) is 0 Å². The molecule has 204 valence electrons. The molecule has 0 aromatic heterocycles. The third-order valence-electron chi connectivity index (χ3n) is 5.61. The number of carbonyl (C=O) groups is 4. The van der Waals surface area contributed by atoms with Crippen molar-refractivity contribution >= 4 is 47.2 Å². The van der Waals surface area contributed by atoms with Gasteiger partial charge in [0.05, 0.1) is 0 Å². The van der Waals surface area contributed by atoms with Crippen LogP contribution in [0.3, 0.4) is 0 Å². The lowest BCUT2D eigenvalue weighted by molar-refractivity contribution is -0.233. The smallest absolute Gasteiger partial charge is 0.308 e. The number of hydrogen-bond donors (Lipinski definition) is 0. The Morgan fingerprint density at radius 3 is 1.95 bits per heavy atom. The Bertz CT molecular complexity index is 1180. The summed E-state index contributed by atoms with van der Waals surface area (Å²) in [5.41, 5.74) is 1.59. The summed E-state index contributed by atoms with van der Waals surface area (Å²) in [6.07, 6.45) is -1.84. The SMILES string of the molecule is CS[C@H]1O[C@@H](c2ccc(Cl)c(Cc3ccc(OC(C)=O)cc3)c2)[C@H](OC(C)=O)[C@@H](OC(C)=O)[C@@H]1OC(C)=O.